The van der Waals surface area contributed by atoms with Gasteiger partial charge in [0.1, 0.15) is 0 Å². The van der Waals surface area contributed by atoms with E-state index in [0.717, 1.165) is 50.6 Å². The number of ether oxygens (including phenoxy) is 1. The van der Waals surface area contributed by atoms with Crippen LogP contribution in [0.1, 0.15) is 103 Å². The van der Waals surface area contributed by atoms with Crippen LogP contribution in [0.3, 0.4) is 0 Å². The van der Waals surface area contributed by atoms with Crippen LogP contribution in [0.2, 0.25) is 0 Å². The van der Waals surface area contributed by atoms with Crippen LogP contribution in [0.4, 0.5) is 11.4 Å². The maximum atomic E-state index is 12.8. The van der Waals surface area contributed by atoms with Crippen molar-refractivity contribution >= 4 is 17.3 Å². The molecule has 1 unspecified atom stereocenters. The van der Waals surface area contributed by atoms with Crippen molar-refractivity contribution in [2.75, 3.05) is 18.2 Å². The Kier molecular flexibility index (Phi) is 6.46. The van der Waals surface area contributed by atoms with Gasteiger partial charge in [-0.25, -0.2) is 0 Å². The quantitative estimate of drug-likeness (QED) is 0.431. The van der Waals surface area contributed by atoms with Crippen molar-refractivity contribution < 1.29 is 9.53 Å². The van der Waals surface area contributed by atoms with E-state index in [0.29, 0.717) is 12.0 Å². The first-order chi connectivity index (χ1) is 14.1. The van der Waals surface area contributed by atoms with E-state index in [2.05, 4.69) is 52.9 Å². The second kappa shape index (κ2) is 8.43. The summed E-state index contributed by atoms with van der Waals surface area (Å²) in [6.07, 6.45) is 7.28. The number of rotatable bonds is 6. The summed E-state index contributed by atoms with van der Waals surface area (Å²) in [5.74, 6) is 0.594. The molecule has 1 fully saturated rings. The second-order valence-corrected chi connectivity index (χ2v) is 10.5. The lowest BCUT2D eigenvalue weighted by molar-refractivity contribution is -0.161. The van der Waals surface area contributed by atoms with E-state index in [9.17, 15) is 4.79 Å². The molecular weight excluding hydrogens is 372 g/mol. The van der Waals surface area contributed by atoms with Crippen LogP contribution >= 0.6 is 0 Å². The van der Waals surface area contributed by atoms with Crippen molar-refractivity contribution in [1.82, 2.24) is 0 Å². The molecule has 168 valence electrons. The van der Waals surface area contributed by atoms with Crippen LogP contribution in [0.25, 0.3) is 0 Å². The van der Waals surface area contributed by atoms with E-state index >= 15 is 0 Å². The Bertz CT molecular complexity index is 803. The summed E-state index contributed by atoms with van der Waals surface area (Å²) in [6.45, 7) is 13.4. The molecular formula is C26H42N2O2. The number of benzene rings is 1. The third-order valence-electron chi connectivity index (χ3n) is 8.10. The van der Waals surface area contributed by atoms with Gasteiger partial charge in [0.2, 0.25) is 0 Å². The van der Waals surface area contributed by atoms with Gasteiger partial charge in [-0.2, -0.15) is 0 Å². The third kappa shape index (κ3) is 3.61. The molecule has 0 amide bonds. The van der Waals surface area contributed by atoms with Gasteiger partial charge in [0.25, 0.3) is 0 Å². The zero-order valence-electron chi connectivity index (χ0n) is 20.2. The number of nitrogens with one attached hydrogen (secondary N) is 1. The van der Waals surface area contributed by atoms with Gasteiger partial charge in [0, 0.05) is 23.0 Å². The molecule has 3 rings (SSSR count). The number of hydrogen-bond acceptors (Lipinski definition) is 4. The molecule has 0 spiro atoms. The van der Waals surface area contributed by atoms with Gasteiger partial charge in [-0.15, -0.1) is 0 Å². The highest BCUT2D eigenvalue weighted by Crippen LogP contribution is 2.59. The summed E-state index contributed by atoms with van der Waals surface area (Å²) < 4.78 is 5.28. The molecule has 0 aliphatic heterocycles. The fraction of sp³-hybridized carbons (Fsp3) is 0.731. The molecule has 0 aromatic heterocycles. The Morgan fingerprint density at radius 3 is 2.60 bits per heavy atom. The summed E-state index contributed by atoms with van der Waals surface area (Å²) in [7, 11) is 1.53. The molecule has 30 heavy (non-hydrogen) atoms. The van der Waals surface area contributed by atoms with Crippen molar-refractivity contribution in [3.63, 3.8) is 0 Å². The average Bonchev–Trinajstić information content (AvgIpc) is 2.67. The molecule has 1 aromatic carbocycles. The lowest BCUT2D eigenvalue weighted by Gasteiger charge is -2.54. The number of methoxy groups -OCH3 is 1. The summed E-state index contributed by atoms with van der Waals surface area (Å²) >= 11 is 0. The predicted molar refractivity (Wildman–Crippen MR) is 126 cm³/mol. The standard InChI is InChI=1S/C26H42N2O2/c1-8-10-17(4)28-20-15-19-18(23(27)22(20)16(2)3)11-12-21-25(19,5)13-9-14-26(21,6)24(29)30-7/h15-17,21,28H,8-14,27H2,1-7H3/t17?,21-,25-,26-/m1/s1. The minimum Gasteiger partial charge on any atom is -0.469 e. The molecule has 0 radical (unpaired) electrons. The molecule has 2 aliphatic rings. The highest BCUT2D eigenvalue weighted by atomic mass is 16.5. The minimum absolute atomic E-state index is 0.0523. The van der Waals surface area contributed by atoms with Crippen molar-refractivity contribution in [3.8, 4) is 0 Å². The summed E-state index contributed by atoms with van der Waals surface area (Å²) in [5, 5.41) is 3.78. The second-order valence-electron chi connectivity index (χ2n) is 10.5. The van der Waals surface area contributed by atoms with Crippen LogP contribution in [0, 0.1) is 11.3 Å². The van der Waals surface area contributed by atoms with Gasteiger partial charge in [0.05, 0.1) is 12.5 Å². The molecule has 4 atom stereocenters. The normalized spacial score (nSPS) is 29.1. The third-order valence-corrected chi connectivity index (χ3v) is 8.10. The summed E-state index contributed by atoms with van der Waals surface area (Å²) in [4.78, 5) is 12.8. The molecule has 0 bridgehead atoms. The lowest BCUT2D eigenvalue weighted by Crippen LogP contribution is -2.52. The first-order valence-corrected chi connectivity index (χ1v) is 11.9. The van der Waals surface area contributed by atoms with Gasteiger partial charge in [-0.05, 0) is 80.4 Å². The van der Waals surface area contributed by atoms with E-state index in [1.54, 1.807) is 0 Å². The molecule has 4 heteroatoms. The average molecular weight is 415 g/mol. The molecule has 2 aliphatic carbocycles. The van der Waals surface area contributed by atoms with Gasteiger partial charge >= 0.3 is 5.97 Å². The smallest absolute Gasteiger partial charge is 0.311 e. The van der Waals surface area contributed by atoms with Crippen molar-refractivity contribution in [1.29, 1.82) is 0 Å². The van der Waals surface area contributed by atoms with E-state index < -0.39 is 5.41 Å². The van der Waals surface area contributed by atoms with Crippen molar-refractivity contribution in [2.24, 2.45) is 11.3 Å². The van der Waals surface area contributed by atoms with Crippen molar-refractivity contribution in [3.05, 3.63) is 22.8 Å². The lowest BCUT2D eigenvalue weighted by atomic mass is 9.49. The SMILES string of the molecule is CCCC(C)Nc1cc2c(c(N)c1C(C)C)CC[C@H]1[C@](C)(C(=O)OC)CCC[C@]21C. The van der Waals surface area contributed by atoms with Crippen LogP contribution < -0.4 is 11.1 Å². The molecule has 1 saturated carbocycles. The maximum absolute atomic E-state index is 12.8. The maximum Gasteiger partial charge on any atom is 0.311 e. The Balaban J connectivity index is 2.15. The molecule has 3 N–H and O–H groups in total. The Hall–Kier alpha value is -1.71. The fourth-order valence-electron chi connectivity index (χ4n) is 6.65. The van der Waals surface area contributed by atoms with Crippen LogP contribution in [-0.2, 0) is 21.4 Å². The number of carbonyl (C=O) groups is 1. The number of nitrogen functional groups attached to an aromatic ring is 1. The minimum atomic E-state index is -0.423. The largest absolute Gasteiger partial charge is 0.469 e. The number of carbonyl (C=O) groups excluding carboxylic acids is 1. The van der Waals surface area contributed by atoms with Crippen LogP contribution in [0.15, 0.2) is 6.07 Å². The van der Waals surface area contributed by atoms with E-state index in [1.165, 1.54) is 29.5 Å². The molecule has 0 heterocycles. The number of hydrogen-bond donors (Lipinski definition) is 2. The van der Waals surface area contributed by atoms with Crippen molar-refractivity contribution in [2.45, 2.75) is 104 Å². The fourth-order valence-corrected chi connectivity index (χ4v) is 6.65. The highest BCUT2D eigenvalue weighted by Gasteiger charge is 2.56. The molecule has 4 nitrogen and oxygen atoms in total. The number of fused-ring (bicyclic) bond motifs is 3. The number of nitrogens with two attached hydrogens (primary N) is 1. The van der Waals surface area contributed by atoms with Gasteiger partial charge in [0.15, 0.2) is 0 Å². The Morgan fingerprint density at radius 2 is 2.00 bits per heavy atom. The molecule has 0 saturated heterocycles. The monoisotopic (exact) mass is 414 g/mol. The van der Waals surface area contributed by atoms with Gasteiger partial charge in [-0.3, -0.25) is 4.79 Å². The molecule has 1 aromatic rings. The topological polar surface area (TPSA) is 64.3 Å². The summed E-state index contributed by atoms with van der Waals surface area (Å²) in [6, 6.07) is 2.80. The number of anilines is 2. The zero-order valence-corrected chi connectivity index (χ0v) is 20.2. The Labute approximate surface area is 183 Å². The predicted octanol–water partition coefficient (Wildman–Crippen LogP) is 6.18. The van der Waals surface area contributed by atoms with E-state index in [4.69, 9.17) is 10.5 Å². The number of esters is 1. The Morgan fingerprint density at radius 1 is 1.30 bits per heavy atom. The van der Waals surface area contributed by atoms with Crippen LogP contribution in [0.5, 0.6) is 0 Å². The first-order valence-electron chi connectivity index (χ1n) is 11.9. The highest BCUT2D eigenvalue weighted by molar-refractivity contribution is 5.78. The van der Waals surface area contributed by atoms with E-state index in [-0.39, 0.29) is 17.3 Å². The van der Waals surface area contributed by atoms with Gasteiger partial charge < -0.3 is 15.8 Å². The van der Waals surface area contributed by atoms with E-state index in [1.807, 2.05) is 0 Å². The summed E-state index contributed by atoms with van der Waals surface area (Å²) in [5.41, 5.74) is 12.5. The zero-order chi connectivity index (χ0) is 22.3. The van der Waals surface area contributed by atoms with Gasteiger partial charge in [-0.1, -0.05) is 40.5 Å². The van der Waals surface area contributed by atoms with Crippen LogP contribution in [-0.4, -0.2) is 19.1 Å². The first kappa shape index (κ1) is 23.0.